The molecule has 1 aromatic carbocycles. The molecule has 0 spiro atoms. The van der Waals surface area contributed by atoms with Crippen molar-refractivity contribution in [1.82, 2.24) is 9.96 Å². The first kappa shape index (κ1) is 24.0. The van der Waals surface area contributed by atoms with E-state index in [1.54, 1.807) is 45.0 Å². The third-order valence-corrected chi connectivity index (χ3v) is 5.32. The maximum atomic E-state index is 12.7. The van der Waals surface area contributed by atoms with Gasteiger partial charge in [-0.3, -0.25) is 9.69 Å². The van der Waals surface area contributed by atoms with E-state index in [4.69, 9.17) is 14.3 Å². The molecule has 10 heteroatoms. The summed E-state index contributed by atoms with van der Waals surface area (Å²) in [6, 6.07) is 7.03. The van der Waals surface area contributed by atoms with Crippen molar-refractivity contribution in [2.45, 2.75) is 83.3 Å². The molecule has 0 unspecified atom stereocenters. The summed E-state index contributed by atoms with van der Waals surface area (Å²) in [5, 5.41) is 22.0. The van der Waals surface area contributed by atoms with Gasteiger partial charge in [0.2, 0.25) is 5.91 Å². The van der Waals surface area contributed by atoms with Crippen molar-refractivity contribution in [3.8, 4) is 0 Å². The van der Waals surface area contributed by atoms with E-state index in [2.05, 4.69) is 0 Å². The van der Waals surface area contributed by atoms with E-state index in [1.807, 2.05) is 6.07 Å². The molecule has 0 radical (unpaired) electrons. The Morgan fingerprint density at radius 2 is 1.81 bits per heavy atom. The van der Waals surface area contributed by atoms with Crippen LogP contribution < -0.4 is 0 Å². The van der Waals surface area contributed by atoms with Crippen LogP contribution >= 0.6 is 0 Å². The van der Waals surface area contributed by atoms with Gasteiger partial charge in [0, 0.05) is 6.42 Å². The number of aliphatic hydroxyl groups is 2. The number of hydrogen-bond acceptors (Lipinski definition) is 8. The third-order valence-electron chi connectivity index (χ3n) is 5.32. The van der Waals surface area contributed by atoms with Crippen LogP contribution in [0.2, 0.25) is 0 Å². The number of carbonyl (C=O) groups excluding carboxylic acids is 3. The average molecular weight is 450 g/mol. The molecule has 2 heterocycles. The molecule has 32 heavy (non-hydrogen) atoms. The first-order chi connectivity index (χ1) is 15.0. The van der Waals surface area contributed by atoms with Gasteiger partial charge < -0.3 is 19.7 Å². The zero-order chi connectivity index (χ0) is 23.6. The van der Waals surface area contributed by atoms with Gasteiger partial charge in [0.15, 0.2) is 6.23 Å². The van der Waals surface area contributed by atoms with E-state index < -0.39 is 54.1 Å². The summed E-state index contributed by atoms with van der Waals surface area (Å²) in [5.41, 5.74) is -0.0239. The third kappa shape index (κ3) is 5.20. The van der Waals surface area contributed by atoms with Crippen molar-refractivity contribution in [2.24, 2.45) is 0 Å². The van der Waals surface area contributed by atoms with Crippen molar-refractivity contribution in [2.75, 3.05) is 0 Å². The molecule has 5 atom stereocenters. The van der Waals surface area contributed by atoms with Crippen molar-refractivity contribution in [1.29, 1.82) is 0 Å². The van der Waals surface area contributed by atoms with Crippen molar-refractivity contribution >= 4 is 18.0 Å². The molecule has 2 aliphatic heterocycles. The van der Waals surface area contributed by atoms with Crippen LogP contribution in [-0.4, -0.2) is 74.3 Å². The summed E-state index contributed by atoms with van der Waals surface area (Å²) >= 11 is 0. The lowest BCUT2D eigenvalue weighted by Gasteiger charge is -2.46. The Morgan fingerprint density at radius 3 is 2.44 bits per heavy atom. The highest BCUT2D eigenvalue weighted by atomic mass is 16.8. The number of rotatable bonds is 4. The zero-order valence-corrected chi connectivity index (χ0v) is 18.6. The predicted octanol–water partition coefficient (Wildman–Crippen LogP) is 1.34. The number of benzene rings is 1. The van der Waals surface area contributed by atoms with E-state index in [0.29, 0.717) is 0 Å². The largest absolute Gasteiger partial charge is 0.458 e. The molecule has 176 valence electrons. The highest BCUT2D eigenvalue weighted by Crippen LogP contribution is 2.31. The minimum atomic E-state index is -1.55. The lowest BCUT2D eigenvalue weighted by atomic mass is 10.0. The zero-order valence-electron chi connectivity index (χ0n) is 18.6. The second kappa shape index (κ2) is 9.43. The van der Waals surface area contributed by atoms with Crippen molar-refractivity contribution in [3.05, 3.63) is 35.9 Å². The quantitative estimate of drug-likeness (QED) is 0.659. The molecular weight excluding hydrogens is 420 g/mol. The van der Waals surface area contributed by atoms with Crippen LogP contribution in [0.4, 0.5) is 4.79 Å². The van der Waals surface area contributed by atoms with Gasteiger partial charge in [-0.05, 0) is 39.7 Å². The number of hydrogen-bond donors (Lipinski definition) is 2. The number of likely N-dealkylation sites (tertiary alicyclic amines) is 1. The molecule has 3 rings (SSSR count). The van der Waals surface area contributed by atoms with Gasteiger partial charge in [0.05, 0.1) is 6.04 Å². The minimum Gasteiger partial charge on any atom is -0.458 e. The van der Waals surface area contributed by atoms with Crippen LogP contribution in [0.5, 0.6) is 0 Å². The number of esters is 1. The van der Waals surface area contributed by atoms with Gasteiger partial charge in [-0.2, -0.15) is 5.06 Å². The highest BCUT2D eigenvalue weighted by molar-refractivity contribution is 5.88. The fourth-order valence-electron chi connectivity index (χ4n) is 3.70. The molecule has 0 aliphatic carbocycles. The molecule has 2 fully saturated rings. The molecule has 2 aliphatic rings. The Kier molecular flexibility index (Phi) is 7.06. The summed E-state index contributed by atoms with van der Waals surface area (Å²) in [7, 11) is 0. The van der Waals surface area contributed by atoms with Crippen molar-refractivity contribution in [3.63, 3.8) is 0 Å². The summed E-state index contributed by atoms with van der Waals surface area (Å²) in [6.45, 7) is 6.55. The van der Waals surface area contributed by atoms with Gasteiger partial charge in [0.25, 0.3) is 0 Å². The van der Waals surface area contributed by atoms with Crippen LogP contribution in [0.15, 0.2) is 30.3 Å². The van der Waals surface area contributed by atoms with Crippen LogP contribution in [0.1, 0.15) is 46.1 Å². The van der Waals surface area contributed by atoms with Gasteiger partial charge in [-0.1, -0.05) is 30.3 Å². The lowest BCUT2D eigenvalue weighted by Crippen LogP contribution is -2.66. The monoisotopic (exact) mass is 450 g/mol. The first-order valence-electron chi connectivity index (χ1n) is 10.6. The fourth-order valence-corrected chi connectivity index (χ4v) is 3.70. The predicted molar refractivity (Wildman–Crippen MR) is 111 cm³/mol. The van der Waals surface area contributed by atoms with E-state index in [0.717, 1.165) is 15.5 Å². The van der Waals surface area contributed by atoms with E-state index in [-0.39, 0.29) is 19.4 Å². The summed E-state index contributed by atoms with van der Waals surface area (Å²) in [5.74, 6) is -1.10. The second-order valence-electron chi connectivity index (χ2n) is 8.97. The lowest BCUT2D eigenvalue weighted by molar-refractivity contribution is -0.315. The standard InChI is InChI=1S/C22H30N2O8/c1-13-17(26)18(27)19(23-15(10-11-16(23)25)20(28)31-22(2,3)4)32-24(13)21(29)30-12-14-8-6-5-7-9-14/h5-9,13,15,17-19,26-27H,10-12H2,1-4H3/t13-,15-,17-,18-,19-/m0/s1. The van der Waals surface area contributed by atoms with Gasteiger partial charge in [-0.15, -0.1) is 0 Å². The minimum absolute atomic E-state index is 0.0290. The van der Waals surface area contributed by atoms with E-state index in [1.165, 1.54) is 6.92 Å². The Hall–Kier alpha value is -2.69. The number of aliphatic hydroxyl groups excluding tert-OH is 2. The second-order valence-corrected chi connectivity index (χ2v) is 8.97. The van der Waals surface area contributed by atoms with Crippen LogP contribution in [0.25, 0.3) is 0 Å². The maximum absolute atomic E-state index is 12.7. The molecule has 1 aromatic rings. The molecule has 2 N–H and O–H groups in total. The number of nitrogens with zero attached hydrogens (tertiary/aromatic N) is 2. The molecule has 0 bridgehead atoms. The Bertz CT molecular complexity index is 840. The van der Waals surface area contributed by atoms with Crippen LogP contribution in [0, 0.1) is 0 Å². The van der Waals surface area contributed by atoms with Gasteiger partial charge >= 0.3 is 12.1 Å². The smallest absolute Gasteiger partial charge is 0.434 e. The number of ether oxygens (including phenoxy) is 2. The molecule has 0 aromatic heterocycles. The number of hydroxylamine groups is 2. The van der Waals surface area contributed by atoms with E-state index >= 15 is 0 Å². The normalized spacial score (nSPS) is 28.6. The fraction of sp³-hybridized carbons (Fsp3) is 0.591. The summed E-state index contributed by atoms with van der Waals surface area (Å²) in [6.07, 6.45) is -5.12. The van der Waals surface area contributed by atoms with Crippen molar-refractivity contribution < 1.29 is 38.9 Å². The molecule has 10 nitrogen and oxygen atoms in total. The molecule has 2 amide bonds. The number of carbonyl (C=O) groups is 3. The van der Waals surface area contributed by atoms with Crippen LogP contribution in [0.3, 0.4) is 0 Å². The molecular formula is C22H30N2O8. The van der Waals surface area contributed by atoms with E-state index in [9.17, 15) is 24.6 Å². The summed E-state index contributed by atoms with van der Waals surface area (Å²) < 4.78 is 10.7. The number of amides is 2. The van der Waals surface area contributed by atoms with Crippen LogP contribution in [-0.2, 0) is 30.5 Å². The Balaban J connectivity index is 1.76. The summed E-state index contributed by atoms with van der Waals surface area (Å²) in [4.78, 5) is 44.6. The average Bonchev–Trinajstić information content (AvgIpc) is 3.11. The SMILES string of the molecule is C[C@H]1[C@H](O)[C@H](O)[C@@H](N2C(=O)CC[C@H]2C(=O)OC(C)(C)C)ON1C(=O)OCc1ccccc1. The Morgan fingerprint density at radius 1 is 1.16 bits per heavy atom. The maximum Gasteiger partial charge on any atom is 0.434 e. The van der Waals surface area contributed by atoms with Gasteiger partial charge in [0.1, 0.15) is 30.5 Å². The van der Waals surface area contributed by atoms with Gasteiger partial charge in [-0.25, -0.2) is 14.4 Å². The Labute approximate surface area is 186 Å². The molecule has 0 saturated carbocycles. The molecule has 2 saturated heterocycles. The first-order valence-corrected chi connectivity index (χ1v) is 10.6. The highest BCUT2D eigenvalue weighted by Gasteiger charge is 2.52. The topological polar surface area (TPSA) is 126 Å².